The molecule has 0 bridgehead atoms. The molecule has 0 radical (unpaired) electrons. The third-order valence-corrected chi connectivity index (χ3v) is 9.01. The summed E-state index contributed by atoms with van der Waals surface area (Å²) >= 11 is 5.88. The van der Waals surface area contributed by atoms with Gasteiger partial charge in [-0.25, -0.2) is 4.98 Å². The van der Waals surface area contributed by atoms with E-state index < -0.39 is 11.7 Å². The lowest BCUT2D eigenvalue weighted by Gasteiger charge is -2.18. The predicted octanol–water partition coefficient (Wildman–Crippen LogP) is 10.2. The fourth-order valence-corrected chi connectivity index (χ4v) is 6.01. The first-order valence-electron chi connectivity index (χ1n) is 17.5. The summed E-state index contributed by atoms with van der Waals surface area (Å²) in [6.07, 6.45) is -1.01. The number of para-hydroxylation sites is 1. The zero-order valence-electron chi connectivity index (χ0n) is 29.4. The summed E-state index contributed by atoms with van der Waals surface area (Å²) in [7, 11) is 0. The van der Waals surface area contributed by atoms with Crippen molar-refractivity contribution in [3.63, 3.8) is 0 Å². The quantitative estimate of drug-likeness (QED) is 0.0855. The second-order valence-corrected chi connectivity index (χ2v) is 12.3. The van der Waals surface area contributed by atoms with E-state index in [1.54, 1.807) is 12.1 Å². The minimum atomic E-state index is -4.61. The molecule has 0 fully saturated rings. The number of aryl methyl sites for hydroxylation is 1. The zero-order valence-corrected chi connectivity index (χ0v) is 30.2. The third-order valence-electron chi connectivity index (χ3n) is 8.68. The second kappa shape index (κ2) is 18.5. The summed E-state index contributed by atoms with van der Waals surface area (Å²) in [4.78, 5) is 9.86. The molecule has 11 heteroatoms. The van der Waals surface area contributed by atoms with Crippen LogP contribution < -0.4 is 14.2 Å². The Balaban J connectivity index is 1.75. The van der Waals surface area contributed by atoms with Gasteiger partial charge in [0.15, 0.2) is 5.75 Å². The third kappa shape index (κ3) is 10.3. The van der Waals surface area contributed by atoms with Crippen LogP contribution in [-0.4, -0.2) is 71.8 Å². The molecular weight excluding hydrogens is 653 g/mol. The van der Waals surface area contributed by atoms with E-state index in [1.165, 1.54) is 12.1 Å². The van der Waals surface area contributed by atoms with Crippen molar-refractivity contribution in [2.24, 2.45) is 0 Å². The van der Waals surface area contributed by atoms with Gasteiger partial charge in [-0.05, 0) is 75.8 Å². The van der Waals surface area contributed by atoms with Crippen LogP contribution in [0.3, 0.4) is 0 Å². The molecule has 3 aromatic carbocycles. The molecule has 0 spiro atoms. The molecule has 0 saturated carbocycles. The van der Waals surface area contributed by atoms with Gasteiger partial charge in [0.1, 0.15) is 28.6 Å². The normalized spacial score (nSPS) is 12.0. The van der Waals surface area contributed by atoms with Crippen LogP contribution >= 0.6 is 11.6 Å². The number of ether oxygens (including phenoxy) is 3. The van der Waals surface area contributed by atoms with Crippen LogP contribution in [0, 0.1) is 0 Å². The first kappa shape index (κ1) is 38.3. The van der Waals surface area contributed by atoms with Crippen molar-refractivity contribution in [2.75, 3.05) is 52.5 Å². The SMILES string of the molecule is CCCCn1c(-c2ccccc2Oc2ccc(Cl)c(C(F)(F)F)c2)nc2c(OCCCN(CC)CC)cc(OCCCN(CC)CC)cc21. The Bertz CT molecular complexity index is 1620. The Morgan fingerprint density at radius 2 is 1.41 bits per heavy atom. The molecule has 4 aromatic rings. The molecule has 0 aliphatic heterocycles. The van der Waals surface area contributed by atoms with Gasteiger partial charge in [-0.15, -0.1) is 0 Å². The molecule has 0 aliphatic rings. The molecular formula is C38H50ClF3N4O3. The van der Waals surface area contributed by atoms with E-state index in [0.717, 1.165) is 76.5 Å². The highest BCUT2D eigenvalue weighted by molar-refractivity contribution is 6.31. The molecule has 1 heterocycles. The van der Waals surface area contributed by atoms with Crippen molar-refractivity contribution in [2.45, 2.75) is 73.0 Å². The second-order valence-electron chi connectivity index (χ2n) is 11.9. The maximum atomic E-state index is 13.6. The van der Waals surface area contributed by atoms with Gasteiger partial charge >= 0.3 is 6.18 Å². The van der Waals surface area contributed by atoms with Gasteiger partial charge in [0.25, 0.3) is 0 Å². The largest absolute Gasteiger partial charge is 0.493 e. The molecule has 0 aliphatic carbocycles. The average Bonchev–Trinajstić information content (AvgIpc) is 3.46. The van der Waals surface area contributed by atoms with Crippen molar-refractivity contribution in [3.05, 3.63) is 65.2 Å². The van der Waals surface area contributed by atoms with Crippen LogP contribution in [0.15, 0.2) is 54.6 Å². The minimum absolute atomic E-state index is 0.0259. The van der Waals surface area contributed by atoms with Gasteiger partial charge in [0.05, 0.1) is 34.9 Å². The van der Waals surface area contributed by atoms with Gasteiger partial charge in [0, 0.05) is 31.8 Å². The first-order valence-corrected chi connectivity index (χ1v) is 17.9. The Labute approximate surface area is 293 Å². The minimum Gasteiger partial charge on any atom is -0.493 e. The molecule has 0 atom stereocenters. The summed E-state index contributed by atoms with van der Waals surface area (Å²) in [5.41, 5.74) is 1.26. The number of halogens is 4. The standard InChI is InChI=1S/C38H50ClF3N4O3/c1-6-11-22-46-33-26-29(47-23-14-20-44(7-2)8-3)27-35(48-24-15-21-45(9-4)10-5)36(33)43-37(46)30-16-12-13-17-34(30)49-28-18-19-32(39)31(25-28)38(40,41)42/h12-13,16-19,25-27H,6-11,14-15,20-24H2,1-5H3. The number of hydrogen-bond donors (Lipinski definition) is 0. The molecule has 268 valence electrons. The van der Waals surface area contributed by atoms with Gasteiger partial charge in [-0.2, -0.15) is 13.2 Å². The number of imidazole rings is 1. The number of hydrogen-bond acceptors (Lipinski definition) is 6. The monoisotopic (exact) mass is 702 g/mol. The van der Waals surface area contributed by atoms with E-state index in [4.69, 9.17) is 30.8 Å². The Morgan fingerprint density at radius 1 is 0.755 bits per heavy atom. The van der Waals surface area contributed by atoms with E-state index in [2.05, 4.69) is 49.0 Å². The van der Waals surface area contributed by atoms with E-state index in [9.17, 15) is 13.2 Å². The number of benzene rings is 3. The van der Waals surface area contributed by atoms with Crippen LogP contribution in [0.2, 0.25) is 5.02 Å². The highest BCUT2D eigenvalue weighted by Gasteiger charge is 2.33. The van der Waals surface area contributed by atoms with Crippen molar-refractivity contribution in [3.8, 4) is 34.4 Å². The smallest absolute Gasteiger partial charge is 0.417 e. The van der Waals surface area contributed by atoms with E-state index in [1.807, 2.05) is 24.3 Å². The molecule has 49 heavy (non-hydrogen) atoms. The van der Waals surface area contributed by atoms with E-state index in [-0.39, 0.29) is 10.8 Å². The van der Waals surface area contributed by atoms with Gasteiger partial charge in [-0.1, -0.05) is 64.8 Å². The van der Waals surface area contributed by atoms with Crippen LogP contribution in [0.4, 0.5) is 13.2 Å². The highest BCUT2D eigenvalue weighted by atomic mass is 35.5. The number of nitrogens with zero attached hydrogens (tertiary/aromatic N) is 4. The van der Waals surface area contributed by atoms with Crippen LogP contribution in [0.1, 0.15) is 65.9 Å². The summed E-state index contributed by atoms with van der Waals surface area (Å²) < 4.78 is 61.9. The summed E-state index contributed by atoms with van der Waals surface area (Å²) in [5, 5.41) is -0.384. The molecule has 0 saturated heterocycles. The van der Waals surface area contributed by atoms with Crippen molar-refractivity contribution in [1.29, 1.82) is 0 Å². The fraction of sp³-hybridized carbons (Fsp3) is 0.500. The summed E-state index contributed by atoms with van der Waals surface area (Å²) in [6.45, 7) is 18.4. The van der Waals surface area contributed by atoms with Crippen molar-refractivity contribution in [1.82, 2.24) is 19.4 Å². The molecule has 4 rings (SSSR count). The molecule has 7 nitrogen and oxygen atoms in total. The zero-order chi connectivity index (χ0) is 35.4. The Morgan fingerprint density at radius 3 is 2.04 bits per heavy atom. The average molecular weight is 703 g/mol. The lowest BCUT2D eigenvalue weighted by atomic mass is 10.1. The van der Waals surface area contributed by atoms with Crippen LogP contribution in [0.5, 0.6) is 23.0 Å². The van der Waals surface area contributed by atoms with Crippen LogP contribution in [0.25, 0.3) is 22.4 Å². The lowest BCUT2D eigenvalue weighted by molar-refractivity contribution is -0.137. The number of aromatic nitrogens is 2. The molecule has 0 N–H and O–H groups in total. The highest BCUT2D eigenvalue weighted by Crippen LogP contribution is 2.41. The van der Waals surface area contributed by atoms with Gasteiger partial charge < -0.3 is 28.6 Å². The summed E-state index contributed by atoms with van der Waals surface area (Å²) in [5.74, 6) is 2.38. The topological polar surface area (TPSA) is 52.0 Å². The number of fused-ring (bicyclic) bond motifs is 1. The Hall–Kier alpha value is -3.47. The summed E-state index contributed by atoms with van der Waals surface area (Å²) in [6, 6.07) is 14.7. The first-order chi connectivity index (χ1) is 23.6. The molecule has 0 amide bonds. The number of rotatable bonds is 20. The van der Waals surface area contributed by atoms with Crippen molar-refractivity contribution >= 4 is 22.6 Å². The van der Waals surface area contributed by atoms with E-state index in [0.29, 0.717) is 53.9 Å². The van der Waals surface area contributed by atoms with Crippen LogP contribution in [-0.2, 0) is 12.7 Å². The maximum Gasteiger partial charge on any atom is 0.417 e. The molecule has 0 unspecified atom stereocenters. The molecule has 1 aromatic heterocycles. The fourth-order valence-electron chi connectivity index (χ4n) is 5.79. The van der Waals surface area contributed by atoms with Crippen molar-refractivity contribution < 1.29 is 27.4 Å². The van der Waals surface area contributed by atoms with Gasteiger partial charge in [-0.3, -0.25) is 0 Å². The predicted molar refractivity (Wildman–Crippen MR) is 192 cm³/mol. The maximum absolute atomic E-state index is 13.6. The number of alkyl halides is 3. The lowest BCUT2D eigenvalue weighted by Crippen LogP contribution is -2.25. The van der Waals surface area contributed by atoms with Gasteiger partial charge in [0.2, 0.25) is 0 Å². The number of unbranched alkanes of at least 4 members (excludes halogenated alkanes) is 1. The van der Waals surface area contributed by atoms with E-state index >= 15 is 0 Å². The Kier molecular flexibility index (Phi) is 14.5.